The lowest BCUT2D eigenvalue weighted by atomic mass is 9.98. The van der Waals surface area contributed by atoms with E-state index in [1.807, 2.05) is 31.6 Å². The van der Waals surface area contributed by atoms with Gasteiger partial charge in [0.05, 0.1) is 51.1 Å². The Labute approximate surface area is 437 Å². The second kappa shape index (κ2) is 21.6. The summed E-state index contributed by atoms with van der Waals surface area (Å²) >= 11 is 3.61. The molecular formula is C52H60BrN14O6P. The third-order valence-electron chi connectivity index (χ3n) is 14.4. The Kier molecular flexibility index (Phi) is 14.8. The summed E-state index contributed by atoms with van der Waals surface area (Å²) in [5.41, 5.74) is 6.77. The molecular weight excluding hydrogens is 1030 g/mol. The number of aromatic nitrogens is 6. The molecule has 4 N–H and O–H groups in total. The molecule has 4 amide bonds. The third-order valence-corrected chi connectivity index (χ3v) is 16.5. The molecule has 3 aromatic heterocycles. The zero-order valence-electron chi connectivity index (χ0n) is 41.9. The number of methoxy groups -OCH3 is 1. The van der Waals surface area contributed by atoms with Gasteiger partial charge in [0.2, 0.25) is 17.8 Å². The number of fused-ring (bicyclic) bond motifs is 2. The predicted molar refractivity (Wildman–Crippen MR) is 289 cm³/mol. The van der Waals surface area contributed by atoms with E-state index < -0.39 is 36.8 Å². The van der Waals surface area contributed by atoms with Gasteiger partial charge < -0.3 is 35.1 Å². The summed E-state index contributed by atoms with van der Waals surface area (Å²) in [6.07, 6.45) is 14.1. The number of anilines is 6. The van der Waals surface area contributed by atoms with E-state index in [1.165, 1.54) is 0 Å². The average molecular weight is 1090 g/mol. The Morgan fingerprint density at radius 3 is 2.38 bits per heavy atom. The van der Waals surface area contributed by atoms with Gasteiger partial charge in [-0.15, -0.1) is 0 Å². The van der Waals surface area contributed by atoms with E-state index in [-0.39, 0.29) is 18.4 Å². The molecule has 3 fully saturated rings. The Morgan fingerprint density at radius 2 is 1.64 bits per heavy atom. The Morgan fingerprint density at radius 1 is 0.838 bits per heavy atom. The molecule has 0 aliphatic carbocycles. The van der Waals surface area contributed by atoms with Crippen molar-refractivity contribution in [2.24, 2.45) is 7.05 Å². The topological polar surface area (TPSA) is 225 Å². The molecule has 20 nitrogen and oxygen atoms in total. The van der Waals surface area contributed by atoms with Crippen molar-refractivity contribution in [1.29, 1.82) is 0 Å². The summed E-state index contributed by atoms with van der Waals surface area (Å²) < 4.78 is 22.1. The van der Waals surface area contributed by atoms with E-state index in [2.05, 4.69) is 84.1 Å². The van der Waals surface area contributed by atoms with Crippen LogP contribution >= 0.6 is 23.1 Å². The van der Waals surface area contributed by atoms with Crippen molar-refractivity contribution >= 4 is 97.6 Å². The zero-order chi connectivity index (χ0) is 51.7. The van der Waals surface area contributed by atoms with Crippen molar-refractivity contribution in [3.8, 4) is 16.9 Å². The molecule has 3 saturated heterocycles. The number of ether oxygens (including phenoxy) is 1. The first kappa shape index (κ1) is 50.7. The number of unbranched alkanes of at least 4 members (excludes halogenated alkanes) is 2. The molecule has 4 aliphatic rings. The SMILES string of the molecule is COc1cc(N2CCC(N3CCN(CCCCCNc4cccc5c4C(=O)N(C4CCC(=O)NC4=O)C5=O)CC3)CC2)c(-c2cnn(C)c2)cc1Nc1ncc(Br)c(Nc2ccc3nccnc3c2P(C)(C)=O)n1. The number of hydrogen-bond donors (Lipinski definition) is 4. The number of halogens is 1. The number of piperazine rings is 1. The van der Waals surface area contributed by atoms with Crippen LogP contribution in [-0.4, -0.2) is 153 Å². The second-order valence-corrected chi connectivity index (χ2v) is 23.6. The van der Waals surface area contributed by atoms with Crippen LogP contribution in [0.2, 0.25) is 0 Å². The number of hydrogen-bond acceptors (Lipinski definition) is 17. The highest BCUT2D eigenvalue weighted by atomic mass is 79.9. The Hall–Kier alpha value is -6.80. The highest BCUT2D eigenvalue weighted by molar-refractivity contribution is 9.10. The van der Waals surface area contributed by atoms with Crippen LogP contribution in [-0.2, 0) is 21.2 Å². The molecule has 74 heavy (non-hydrogen) atoms. The van der Waals surface area contributed by atoms with Crippen LogP contribution in [0, 0.1) is 0 Å². The van der Waals surface area contributed by atoms with E-state index in [4.69, 9.17) is 9.72 Å². The van der Waals surface area contributed by atoms with Gasteiger partial charge in [0.25, 0.3) is 11.8 Å². The molecule has 6 aromatic rings. The number of rotatable bonds is 17. The van der Waals surface area contributed by atoms with Crippen molar-refractivity contribution in [2.45, 2.75) is 57.0 Å². The van der Waals surface area contributed by atoms with Crippen molar-refractivity contribution in [2.75, 3.05) is 93.6 Å². The standard InChI is InChI=1S/C52H60BrN14O6P/c1-63-31-32(29-58-63)35-27-40(60-52-57-30-36(53)48(62-52)59-39-12-11-38-46(56-19-18-55-38)47(39)74(3,4)72)43(73-2)28-42(35)66-21-15-33(16-22-66)65-25-23-64(24-26-65)20-7-5-6-17-54-37-10-8-9-34-45(37)51(71)67(50(34)70)41-13-14-44(68)61-49(41)69/h8-12,18-19,27-31,33,41,54H,5-7,13-17,20-26H2,1-4H3,(H,61,68,69)(H2,57,59,60,62). The number of aryl methyl sites for hydroxylation is 1. The summed E-state index contributed by atoms with van der Waals surface area (Å²) in [7, 11) is 0.770. The highest BCUT2D eigenvalue weighted by Crippen LogP contribution is 2.43. The molecule has 10 rings (SSSR count). The third kappa shape index (κ3) is 10.6. The van der Waals surface area contributed by atoms with Gasteiger partial charge in [0.15, 0.2) is 0 Å². The maximum atomic E-state index is 13.6. The number of carbonyl (C=O) groups is 4. The molecule has 0 spiro atoms. The quantitative estimate of drug-likeness (QED) is 0.0429. The smallest absolute Gasteiger partial charge is 0.264 e. The van der Waals surface area contributed by atoms with Crippen LogP contribution < -0.4 is 36.2 Å². The van der Waals surface area contributed by atoms with E-state index in [0.29, 0.717) is 73.5 Å². The number of nitrogens with one attached hydrogen (secondary N) is 4. The van der Waals surface area contributed by atoms with Crippen molar-refractivity contribution in [3.05, 3.63) is 89.0 Å². The summed E-state index contributed by atoms with van der Waals surface area (Å²) in [6.45, 7) is 11.0. The lowest BCUT2D eigenvalue weighted by Gasteiger charge is -2.43. The fourth-order valence-electron chi connectivity index (χ4n) is 10.7. The maximum absolute atomic E-state index is 13.6. The molecule has 0 radical (unpaired) electrons. The highest BCUT2D eigenvalue weighted by Gasteiger charge is 2.45. The van der Waals surface area contributed by atoms with E-state index in [0.717, 1.165) is 99.6 Å². The normalized spacial score (nSPS) is 18.0. The van der Waals surface area contributed by atoms with Crippen LogP contribution in [0.25, 0.3) is 22.2 Å². The number of piperidine rings is 2. The minimum Gasteiger partial charge on any atom is -0.494 e. The number of imide groups is 2. The van der Waals surface area contributed by atoms with Crippen LogP contribution in [0.1, 0.15) is 65.7 Å². The summed E-state index contributed by atoms with van der Waals surface area (Å²) in [4.78, 5) is 78.0. The van der Waals surface area contributed by atoms with E-state index in [1.54, 1.807) is 61.9 Å². The van der Waals surface area contributed by atoms with Crippen LogP contribution in [0.5, 0.6) is 5.75 Å². The van der Waals surface area contributed by atoms with Gasteiger partial charge >= 0.3 is 0 Å². The first-order valence-electron chi connectivity index (χ1n) is 25.1. The van der Waals surface area contributed by atoms with Crippen molar-refractivity contribution < 1.29 is 28.5 Å². The molecule has 4 aliphatic heterocycles. The Bertz CT molecular complexity index is 3190. The average Bonchev–Trinajstić information content (AvgIpc) is 3.95. The zero-order valence-corrected chi connectivity index (χ0v) is 44.4. The minimum atomic E-state index is -2.81. The lowest BCUT2D eigenvalue weighted by molar-refractivity contribution is -0.136. The predicted octanol–water partition coefficient (Wildman–Crippen LogP) is 6.60. The monoisotopic (exact) mass is 1090 g/mol. The first-order valence-corrected chi connectivity index (χ1v) is 28.5. The van der Waals surface area contributed by atoms with Crippen LogP contribution in [0.3, 0.4) is 0 Å². The fraction of sp³-hybridized carbons (Fsp3) is 0.404. The van der Waals surface area contributed by atoms with Crippen LogP contribution in [0.4, 0.5) is 34.5 Å². The van der Waals surface area contributed by atoms with Gasteiger partial charge in [0.1, 0.15) is 30.3 Å². The van der Waals surface area contributed by atoms with E-state index in [9.17, 15) is 23.7 Å². The second-order valence-electron chi connectivity index (χ2n) is 19.6. The number of benzene rings is 3. The van der Waals surface area contributed by atoms with Gasteiger partial charge in [-0.25, -0.2) is 4.98 Å². The lowest BCUT2D eigenvalue weighted by Crippen LogP contribution is -2.54. The molecule has 3 aromatic carbocycles. The van der Waals surface area contributed by atoms with Crippen molar-refractivity contribution in [1.82, 2.24) is 49.7 Å². The van der Waals surface area contributed by atoms with Crippen molar-refractivity contribution in [3.63, 3.8) is 0 Å². The minimum absolute atomic E-state index is 0.0838. The fourth-order valence-corrected chi connectivity index (χ4v) is 12.3. The van der Waals surface area contributed by atoms with Gasteiger partial charge in [-0.2, -0.15) is 10.1 Å². The largest absolute Gasteiger partial charge is 0.494 e. The van der Waals surface area contributed by atoms with Gasteiger partial charge in [0, 0.05) is 119 Å². The van der Waals surface area contributed by atoms with E-state index >= 15 is 0 Å². The molecule has 7 heterocycles. The molecule has 1 unspecified atom stereocenters. The first-order chi connectivity index (χ1) is 35.7. The maximum Gasteiger partial charge on any atom is 0.264 e. The molecule has 386 valence electrons. The van der Waals surface area contributed by atoms with Gasteiger partial charge in [-0.3, -0.25) is 48.9 Å². The molecule has 22 heteroatoms. The summed E-state index contributed by atoms with van der Waals surface area (Å²) in [5.74, 6) is -0.556. The number of amides is 4. The number of nitrogens with zero attached hydrogens (tertiary/aromatic N) is 10. The Balaban J connectivity index is 0.723. The molecule has 0 saturated carbocycles. The van der Waals surface area contributed by atoms with Gasteiger partial charge in [-0.1, -0.05) is 12.5 Å². The molecule has 0 bridgehead atoms. The number of carbonyl (C=O) groups excluding carboxylic acids is 4. The summed E-state index contributed by atoms with van der Waals surface area (Å²) in [5, 5.41) is 17.6. The van der Waals surface area contributed by atoms with Crippen LogP contribution in [0.15, 0.2) is 77.9 Å². The van der Waals surface area contributed by atoms with Gasteiger partial charge in [-0.05, 0) is 98.2 Å². The molecule has 1 atom stereocenters. The summed E-state index contributed by atoms with van der Waals surface area (Å²) in [6, 6.07) is 12.5.